The molecule has 4 nitrogen and oxygen atoms in total. The molecule has 0 aromatic carbocycles. The smallest absolute Gasteiger partial charge is 0.327 e. The third kappa shape index (κ3) is 6.85. The van der Waals surface area contributed by atoms with Crippen LogP contribution in [-0.2, 0) is 9.59 Å². The molecule has 0 aromatic rings. The van der Waals surface area contributed by atoms with Crippen molar-refractivity contribution >= 4 is 37.1 Å². The molecule has 0 aromatic heterocycles. The van der Waals surface area contributed by atoms with E-state index in [1.807, 2.05) is 0 Å². The highest BCUT2D eigenvalue weighted by Crippen LogP contribution is 1.92. The van der Waals surface area contributed by atoms with Crippen LogP contribution in [0.2, 0.25) is 0 Å². The van der Waals surface area contributed by atoms with Gasteiger partial charge in [-0.25, -0.2) is 4.79 Å². The second-order valence-corrected chi connectivity index (χ2v) is 2.69. The molecule has 6 heteroatoms. The maximum Gasteiger partial charge on any atom is 0.327 e. The summed E-state index contributed by atoms with van der Waals surface area (Å²) in [5.41, 5.74) is 0.281. The molecule has 0 aliphatic rings. The summed E-state index contributed by atoms with van der Waals surface area (Å²) in [4.78, 5) is 21.3. The van der Waals surface area contributed by atoms with E-state index in [9.17, 15) is 9.59 Å². The van der Waals surface area contributed by atoms with Crippen molar-refractivity contribution in [3.63, 3.8) is 0 Å². The zero-order chi connectivity index (χ0) is 11.7. The number of carbonyl (C=O) groups excluding carboxylic acids is 1. The Morgan fingerprint density at radius 1 is 1.50 bits per heavy atom. The molecule has 0 fully saturated rings. The van der Waals surface area contributed by atoms with Gasteiger partial charge in [0.2, 0.25) is 5.91 Å². The van der Waals surface area contributed by atoms with Gasteiger partial charge in [0, 0.05) is 11.3 Å². The Morgan fingerprint density at radius 2 is 1.93 bits per heavy atom. The van der Waals surface area contributed by atoms with E-state index < -0.39 is 17.9 Å². The number of hydrogen-bond donors (Lipinski definition) is 4. The van der Waals surface area contributed by atoms with E-state index in [0.717, 1.165) is 0 Å². The van der Waals surface area contributed by atoms with Gasteiger partial charge >= 0.3 is 5.97 Å². The molecule has 0 heterocycles. The van der Waals surface area contributed by atoms with E-state index in [2.05, 4.69) is 37.2 Å². The largest absolute Gasteiger partial charge is 0.480 e. The summed E-state index contributed by atoms with van der Waals surface area (Å²) in [6.07, 6.45) is 1.69. The summed E-state index contributed by atoms with van der Waals surface area (Å²) >= 11 is 7.30. The number of carboxylic acid groups (broad SMARTS) is 1. The van der Waals surface area contributed by atoms with Crippen LogP contribution >= 0.6 is 25.3 Å². The molecule has 0 bridgehead atoms. The zero-order valence-corrected chi connectivity index (χ0v) is 9.94. The van der Waals surface area contributed by atoms with Crippen molar-refractivity contribution in [1.29, 1.82) is 0 Å². The first-order valence-corrected chi connectivity index (χ1v) is 5.26. The van der Waals surface area contributed by atoms with Crippen molar-refractivity contribution in [2.24, 2.45) is 0 Å². The van der Waals surface area contributed by atoms with Crippen molar-refractivity contribution in [2.75, 3.05) is 12.0 Å². The van der Waals surface area contributed by atoms with E-state index in [0.29, 0.717) is 0 Å². The lowest BCUT2D eigenvalue weighted by atomic mass is 10.3. The van der Waals surface area contributed by atoms with Gasteiger partial charge in [0.05, 0.1) is 0 Å². The van der Waals surface area contributed by atoms with Gasteiger partial charge in [0.15, 0.2) is 0 Å². The van der Waals surface area contributed by atoms with Gasteiger partial charge < -0.3 is 10.4 Å². The van der Waals surface area contributed by atoms with Crippen molar-refractivity contribution in [3.8, 4) is 0 Å². The van der Waals surface area contributed by atoms with Crippen LogP contribution in [0.15, 0.2) is 12.2 Å². The summed E-state index contributed by atoms with van der Waals surface area (Å²) < 4.78 is 0. The van der Waals surface area contributed by atoms with Gasteiger partial charge in [-0.1, -0.05) is 6.58 Å². The number of nitrogens with one attached hydrogen (secondary N) is 1. The van der Waals surface area contributed by atoms with Crippen LogP contribution in [-0.4, -0.2) is 35.0 Å². The van der Waals surface area contributed by atoms with Gasteiger partial charge in [-0.15, -0.1) is 0 Å². The lowest BCUT2D eigenvalue weighted by Crippen LogP contribution is -2.42. The number of rotatable bonds is 4. The topological polar surface area (TPSA) is 66.4 Å². The molecular weight excluding hydrogens is 222 g/mol. The minimum atomic E-state index is -1.10. The van der Waals surface area contributed by atoms with Gasteiger partial charge in [-0.3, -0.25) is 4.79 Å². The van der Waals surface area contributed by atoms with Crippen LogP contribution in [0.4, 0.5) is 0 Å². The maximum atomic E-state index is 10.9. The quantitative estimate of drug-likeness (QED) is 0.428. The van der Waals surface area contributed by atoms with Gasteiger partial charge in [-0.05, 0) is 13.2 Å². The highest BCUT2D eigenvalue weighted by atomic mass is 32.1. The second kappa shape index (κ2) is 8.96. The van der Waals surface area contributed by atoms with Crippen LogP contribution in [0.3, 0.4) is 0 Å². The SMILES string of the molecule is C=C(C)C(=O)NC(CS)C(=O)O.CS. The van der Waals surface area contributed by atoms with Crippen LogP contribution in [0.1, 0.15) is 6.92 Å². The molecule has 0 saturated heterocycles. The normalized spacial score (nSPS) is 10.6. The van der Waals surface area contributed by atoms with Gasteiger partial charge in [-0.2, -0.15) is 25.3 Å². The Labute approximate surface area is 94.6 Å². The maximum absolute atomic E-state index is 10.9. The summed E-state index contributed by atoms with van der Waals surface area (Å²) in [5, 5.41) is 10.8. The molecule has 0 aliphatic carbocycles. The Hall–Kier alpha value is -0.620. The molecule has 0 aliphatic heterocycles. The standard InChI is InChI=1S/C7H11NO3S.CH4S/c1-4(2)6(9)8-5(3-12)7(10)11;1-2/h5,12H,1,3H2,2H3,(H,8,9)(H,10,11);2H,1H3. The monoisotopic (exact) mass is 237 g/mol. The fourth-order valence-electron chi connectivity index (χ4n) is 0.467. The molecule has 1 atom stereocenters. The van der Waals surface area contributed by atoms with Crippen molar-refractivity contribution < 1.29 is 14.7 Å². The summed E-state index contributed by atoms with van der Waals surface area (Å²) in [7, 11) is 0. The third-order valence-corrected chi connectivity index (χ3v) is 1.54. The Kier molecular flexibility index (Phi) is 10.1. The summed E-state index contributed by atoms with van der Waals surface area (Å²) in [6.45, 7) is 4.88. The number of thiol groups is 2. The Bertz CT molecular complexity index is 219. The Balaban J connectivity index is 0. The van der Waals surface area contributed by atoms with E-state index in [1.54, 1.807) is 6.26 Å². The summed E-state index contributed by atoms with van der Waals surface area (Å²) in [5.74, 6) is -1.50. The van der Waals surface area contributed by atoms with Crippen LogP contribution < -0.4 is 5.32 Å². The molecule has 1 unspecified atom stereocenters. The molecule has 82 valence electrons. The predicted molar refractivity (Wildman–Crippen MR) is 63.1 cm³/mol. The number of hydrogen-bond acceptors (Lipinski definition) is 4. The zero-order valence-electron chi connectivity index (χ0n) is 8.15. The second-order valence-electron chi connectivity index (χ2n) is 2.33. The molecule has 1 amide bonds. The number of carbonyl (C=O) groups is 2. The molecule has 14 heavy (non-hydrogen) atoms. The average molecular weight is 237 g/mol. The van der Waals surface area contributed by atoms with Crippen molar-refractivity contribution in [3.05, 3.63) is 12.2 Å². The average Bonchev–Trinajstić information content (AvgIpc) is 2.16. The molecular formula is C8H15NO3S2. The van der Waals surface area contributed by atoms with Crippen molar-refractivity contribution in [1.82, 2.24) is 5.32 Å². The van der Waals surface area contributed by atoms with Gasteiger partial charge in [0.25, 0.3) is 0 Å². The molecule has 2 N–H and O–H groups in total. The van der Waals surface area contributed by atoms with E-state index in [-0.39, 0.29) is 11.3 Å². The minimum Gasteiger partial charge on any atom is -0.480 e. The molecule has 0 rings (SSSR count). The van der Waals surface area contributed by atoms with Crippen molar-refractivity contribution in [2.45, 2.75) is 13.0 Å². The number of amides is 1. The van der Waals surface area contributed by atoms with Gasteiger partial charge in [0.1, 0.15) is 6.04 Å². The fraction of sp³-hybridized carbons (Fsp3) is 0.500. The molecule has 0 saturated carbocycles. The van der Waals surface area contributed by atoms with E-state index in [1.165, 1.54) is 6.92 Å². The lowest BCUT2D eigenvalue weighted by molar-refractivity contribution is -0.140. The highest BCUT2D eigenvalue weighted by molar-refractivity contribution is 7.80. The minimum absolute atomic E-state index is 0.0638. The molecule has 0 radical (unpaired) electrons. The summed E-state index contributed by atoms with van der Waals surface area (Å²) in [6, 6.07) is -0.947. The predicted octanol–water partition coefficient (Wildman–Crippen LogP) is 0.608. The van der Waals surface area contributed by atoms with Crippen LogP contribution in [0, 0.1) is 0 Å². The van der Waals surface area contributed by atoms with E-state index >= 15 is 0 Å². The third-order valence-electron chi connectivity index (χ3n) is 1.17. The van der Waals surface area contributed by atoms with Crippen LogP contribution in [0.25, 0.3) is 0 Å². The lowest BCUT2D eigenvalue weighted by Gasteiger charge is -2.10. The highest BCUT2D eigenvalue weighted by Gasteiger charge is 2.17. The number of carboxylic acids is 1. The van der Waals surface area contributed by atoms with E-state index in [4.69, 9.17) is 5.11 Å². The molecule has 0 spiro atoms. The fourth-order valence-corrected chi connectivity index (χ4v) is 0.714. The van der Waals surface area contributed by atoms with Crippen LogP contribution in [0.5, 0.6) is 0 Å². The first kappa shape index (κ1) is 15.8. The first-order chi connectivity index (χ1) is 6.49. The number of aliphatic carboxylic acids is 1. The first-order valence-electron chi connectivity index (χ1n) is 3.73. The Morgan fingerprint density at radius 3 is 2.14 bits per heavy atom.